The maximum Gasteiger partial charge on any atom is 0.203 e. The Labute approximate surface area is 204 Å². The van der Waals surface area contributed by atoms with E-state index in [1.165, 1.54) is 19.4 Å². The number of anilines is 2. The zero-order valence-electron chi connectivity index (χ0n) is 20.0. The van der Waals surface area contributed by atoms with Crippen molar-refractivity contribution in [1.29, 1.82) is 0 Å². The summed E-state index contributed by atoms with van der Waals surface area (Å²) >= 11 is 0. The zero-order chi connectivity index (χ0) is 25.4. The van der Waals surface area contributed by atoms with Crippen molar-refractivity contribution in [2.75, 3.05) is 39.5 Å². The molecule has 0 radical (unpaired) electrons. The summed E-state index contributed by atoms with van der Waals surface area (Å²) in [5, 5.41) is 13.7. The lowest BCUT2D eigenvalue weighted by atomic mass is 10.1. The quantitative estimate of drug-likeness (QED) is 0.123. The van der Waals surface area contributed by atoms with Crippen molar-refractivity contribution in [3.05, 3.63) is 77.5 Å². The number of ketones is 1. The van der Waals surface area contributed by atoms with Gasteiger partial charge in [0.25, 0.3) is 0 Å². The van der Waals surface area contributed by atoms with Gasteiger partial charge in [-0.1, -0.05) is 24.3 Å². The predicted octanol–water partition coefficient (Wildman–Crippen LogP) is 4.99. The number of carbonyl (C=O) groups excluding carboxylic acids is 1. The van der Waals surface area contributed by atoms with Crippen LogP contribution in [0.5, 0.6) is 28.7 Å². The van der Waals surface area contributed by atoms with Crippen LogP contribution in [0, 0.1) is 0 Å². The number of allylic oxidation sites excluding steroid dienone is 1. The van der Waals surface area contributed by atoms with Gasteiger partial charge in [0.2, 0.25) is 5.75 Å². The summed E-state index contributed by atoms with van der Waals surface area (Å²) in [7, 11) is 6.09. The first-order valence-corrected chi connectivity index (χ1v) is 10.6. The maximum atomic E-state index is 12.5. The third kappa shape index (κ3) is 5.67. The number of nitrogens with one attached hydrogen (secondary N) is 1. The molecular weight excluding hydrogens is 448 g/mol. The van der Waals surface area contributed by atoms with E-state index in [0.29, 0.717) is 39.8 Å². The minimum Gasteiger partial charge on any atom is -0.503 e. The third-order valence-corrected chi connectivity index (χ3v) is 5.22. The van der Waals surface area contributed by atoms with E-state index < -0.39 is 0 Å². The van der Waals surface area contributed by atoms with E-state index >= 15 is 0 Å². The van der Waals surface area contributed by atoms with Gasteiger partial charge in [-0.15, -0.1) is 0 Å². The van der Waals surface area contributed by atoms with Gasteiger partial charge in [-0.2, -0.15) is 0 Å². The molecule has 0 saturated heterocycles. The Kier molecular flexibility index (Phi) is 8.24. The van der Waals surface area contributed by atoms with Crippen LogP contribution in [-0.4, -0.2) is 39.3 Å². The highest BCUT2D eigenvalue weighted by Gasteiger charge is 2.14. The lowest BCUT2D eigenvalue weighted by Gasteiger charge is -2.13. The summed E-state index contributed by atoms with van der Waals surface area (Å²) < 4.78 is 21.4. The molecule has 0 heterocycles. The number of para-hydroxylation sites is 1. The van der Waals surface area contributed by atoms with Crippen LogP contribution in [-0.2, 0) is 0 Å². The number of phenolic OH excluding ortho intramolecular Hbond substituents is 1. The number of phenols is 1. The fourth-order valence-electron chi connectivity index (χ4n) is 3.44. The number of aromatic hydroxyl groups is 1. The molecule has 8 heteroatoms. The SMILES string of the molecule is COc1ccc(/C=C\c2cc(OC)c(OC)c(OC)c2)c(N/C=C\C(=O)c2ccccc2N)c1O. The number of hydrogen-bond donors (Lipinski definition) is 3. The van der Waals surface area contributed by atoms with Crippen LogP contribution >= 0.6 is 0 Å². The highest BCUT2D eigenvalue weighted by molar-refractivity contribution is 6.08. The number of benzene rings is 3. The minimum atomic E-state index is -0.271. The number of carbonyl (C=O) groups is 1. The molecule has 0 fully saturated rings. The van der Waals surface area contributed by atoms with Crippen LogP contribution in [0.4, 0.5) is 11.4 Å². The number of nitrogens with two attached hydrogens (primary N) is 1. The average Bonchev–Trinajstić information content (AvgIpc) is 2.88. The summed E-state index contributed by atoms with van der Waals surface area (Å²) in [6, 6.07) is 13.8. The molecule has 0 aliphatic carbocycles. The van der Waals surface area contributed by atoms with E-state index in [1.54, 1.807) is 75.9 Å². The molecule has 0 aliphatic heterocycles. The van der Waals surface area contributed by atoms with Crippen LogP contribution in [0.25, 0.3) is 12.2 Å². The molecule has 0 aromatic heterocycles. The normalized spacial score (nSPS) is 11.0. The van der Waals surface area contributed by atoms with Crippen molar-refractivity contribution in [2.45, 2.75) is 0 Å². The highest BCUT2D eigenvalue weighted by Crippen LogP contribution is 2.40. The van der Waals surface area contributed by atoms with Gasteiger partial charge in [-0.05, 0) is 42.0 Å². The van der Waals surface area contributed by atoms with Gasteiger partial charge in [0, 0.05) is 29.1 Å². The Morgan fingerprint density at radius 3 is 2.14 bits per heavy atom. The van der Waals surface area contributed by atoms with Gasteiger partial charge < -0.3 is 35.1 Å². The summed E-state index contributed by atoms with van der Waals surface area (Å²) in [4.78, 5) is 12.5. The van der Waals surface area contributed by atoms with Crippen molar-refractivity contribution < 1.29 is 28.8 Å². The molecule has 4 N–H and O–H groups in total. The van der Waals surface area contributed by atoms with Crippen LogP contribution in [0.15, 0.2) is 60.8 Å². The number of nitrogen functional groups attached to an aromatic ring is 1. The molecule has 35 heavy (non-hydrogen) atoms. The highest BCUT2D eigenvalue weighted by atomic mass is 16.5. The second kappa shape index (κ2) is 11.5. The van der Waals surface area contributed by atoms with Gasteiger partial charge >= 0.3 is 0 Å². The standard InChI is InChI=1S/C27H28N2O6/c1-32-22-12-11-18(10-9-17-15-23(33-2)27(35-4)24(16-17)34-3)25(26(22)31)29-14-13-21(30)19-7-5-6-8-20(19)28/h5-16,29,31H,28H2,1-4H3/b10-9-,14-13-. The van der Waals surface area contributed by atoms with E-state index in [0.717, 1.165) is 5.56 Å². The predicted molar refractivity (Wildman–Crippen MR) is 138 cm³/mol. The molecule has 3 aromatic carbocycles. The van der Waals surface area contributed by atoms with Crippen molar-refractivity contribution in [2.24, 2.45) is 0 Å². The second-order valence-corrected chi connectivity index (χ2v) is 7.30. The molecule has 3 rings (SSSR count). The van der Waals surface area contributed by atoms with Gasteiger partial charge in [-0.25, -0.2) is 0 Å². The van der Waals surface area contributed by atoms with Crippen molar-refractivity contribution >= 4 is 29.3 Å². The average molecular weight is 477 g/mol. The molecule has 0 amide bonds. The zero-order valence-corrected chi connectivity index (χ0v) is 20.0. The lowest BCUT2D eigenvalue weighted by Crippen LogP contribution is -2.01. The van der Waals surface area contributed by atoms with Gasteiger partial charge in [0.15, 0.2) is 28.8 Å². The molecule has 0 bridgehead atoms. The molecule has 8 nitrogen and oxygen atoms in total. The fourth-order valence-corrected chi connectivity index (χ4v) is 3.44. The van der Waals surface area contributed by atoms with Crippen LogP contribution in [0.2, 0.25) is 0 Å². The Balaban J connectivity index is 1.93. The number of hydrogen-bond acceptors (Lipinski definition) is 8. The van der Waals surface area contributed by atoms with E-state index in [1.807, 2.05) is 6.08 Å². The van der Waals surface area contributed by atoms with Crippen molar-refractivity contribution in [3.63, 3.8) is 0 Å². The first kappa shape index (κ1) is 25.0. The maximum absolute atomic E-state index is 12.5. The van der Waals surface area contributed by atoms with Crippen molar-refractivity contribution in [1.82, 2.24) is 0 Å². The molecule has 0 saturated carbocycles. The molecular formula is C27H28N2O6. The largest absolute Gasteiger partial charge is 0.503 e. The van der Waals surface area contributed by atoms with E-state index in [4.69, 9.17) is 24.7 Å². The lowest BCUT2D eigenvalue weighted by molar-refractivity contribution is 0.104. The first-order valence-electron chi connectivity index (χ1n) is 10.6. The number of ether oxygens (including phenoxy) is 4. The molecule has 3 aromatic rings. The molecule has 0 aliphatic rings. The van der Waals surface area contributed by atoms with E-state index in [-0.39, 0.29) is 17.3 Å². The number of methoxy groups -OCH3 is 4. The van der Waals surface area contributed by atoms with E-state index in [2.05, 4.69) is 5.32 Å². The van der Waals surface area contributed by atoms with Gasteiger partial charge in [0.05, 0.1) is 34.1 Å². The van der Waals surface area contributed by atoms with Crippen LogP contribution in [0.3, 0.4) is 0 Å². The molecule has 0 unspecified atom stereocenters. The Hall–Kier alpha value is -4.59. The first-order chi connectivity index (χ1) is 16.9. The summed E-state index contributed by atoms with van der Waals surface area (Å²) in [6.45, 7) is 0. The molecule has 0 atom stereocenters. The number of rotatable bonds is 10. The van der Waals surface area contributed by atoms with Crippen LogP contribution < -0.4 is 30.0 Å². The third-order valence-electron chi connectivity index (χ3n) is 5.22. The fraction of sp³-hybridized carbons (Fsp3) is 0.148. The van der Waals surface area contributed by atoms with Crippen molar-refractivity contribution in [3.8, 4) is 28.7 Å². The van der Waals surface area contributed by atoms with Gasteiger partial charge in [0.1, 0.15) is 0 Å². The Bertz CT molecular complexity index is 1240. The smallest absolute Gasteiger partial charge is 0.203 e. The van der Waals surface area contributed by atoms with E-state index in [9.17, 15) is 9.90 Å². The Morgan fingerprint density at radius 2 is 1.54 bits per heavy atom. The summed E-state index contributed by atoms with van der Waals surface area (Å²) in [5.41, 5.74) is 8.45. The summed E-state index contributed by atoms with van der Waals surface area (Å²) in [5.74, 6) is 1.44. The summed E-state index contributed by atoms with van der Waals surface area (Å²) in [6.07, 6.45) is 6.42. The monoisotopic (exact) mass is 476 g/mol. The molecule has 0 spiro atoms. The molecule has 182 valence electrons. The minimum absolute atomic E-state index is 0.101. The van der Waals surface area contributed by atoms with Crippen LogP contribution in [0.1, 0.15) is 21.5 Å². The second-order valence-electron chi connectivity index (χ2n) is 7.30. The Morgan fingerprint density at radius 1 is 0.886 bits per heavy atom. The van der Waals surface area contributed by atoms with Gasteiger partial charge in [-0.3, -0.25) is 4.79 Å². The topological polar surface area (TPSA) is 112 Å².